The molecule has 1 N–H and O–H groups in total. The number of aromatic nitrogens is 3. The molecule has 24 heavy (non-hydrogen) atoms. The lowest BCUT2D eigenvalue weighted by molar-refractivity contribution is -0.139. The monoisotopic (exact) mass is 379 g/mol. The maximum Gasteiger partial charge on any atom is 0.311 e. The minimum absolute atomic E-state index is 0.0208. The van der Waals surface area contributed by atoms with Crippen LogP contribution in [0.2, 0.25) is 0 Å². The Kier molecular flexibility index (Phi) is 5.44. The van der Waals surface area contributed by atoms with Crippen LogP contribution in [0.1, 0.15) is 11.4 Å². The Morgan fingerprint density at radius 1 is 1.33 bits per heavy atom. The first-order chi connectivity index (χ1) is 11.6. The first-order valence-electron chi connectivity index (χ1n) is 6.91. The Morgan fingerprint density at radius 3 is 2.96 bits per heavy atom. The summed E-state index contributed by atoms with van der Waals surface area (Å²) in [6.07, 6.45) is -0.0208. The van der Waals surface area contributed by atoms with Crippen LogP contribution in [0.4, 0.5) is 0 Å². The fraction of sp³-hybridized carbons (Fsp3) is 0.200. The molecule has 3 rings (SSSR count). The highest BCUT2D eigenvalue weighted by Gasteiger charge is 2.10. The number of carbonyl (C=O) groups excluding carboxylic acids is 1. The van der Waals surface area contributed by atoms with Gasteiger partial charge in [-0.1, -0.05) is 11.8 Å². The Balaban J connectivity index is 1.68. The van der Waals surface area contributed by atoms with Crippen LogP contribution in [0, 0.1) is 0 Å². The molecule has 124 valence electrons. The lowest BCUT2D eigenvalue weighted by Crippen LogP contribution is -2.13. The summed E-state index contributed by atoms with van der Waals surface area (Å²) < 4.78 is 4.60. The van der Waals surface area contributed by atoms with Crippen molar-refractivity contribution in [3.63, 3.8) is 0 Å². The molecule has 0 saturated carbocycles. The van der Waals surface area contributed by atoms with Gasteiger partial charge in [-0.2, -0.15) is 11.3 Å². The standard InChI is InChI=1S/C15H13N3O3S3/c1-21-13(20)5-10-4-12(19)18-15(17-10)24-8-11-7-23-14(16-11)9-2-3-22-6-9/h2-4,6-7H,5,8H2,1H3,(H,17,18,19). The number of thiazole rings is 1. The Morgan fingerprint density at radius 2 is 2.21 bits per heavy atom. The zero-order chi connectivity index (χ0) is 16.9. The molecule has 9 heteroatoms. The number of nitrogens with one attached hydrogen (secondary N) is 1. The van der Waals surface area contributed by atoms with Crippen molar-refractivity contribution in [2.45, 2.75) is 17.3 Å². The van der Waals surface area contributed by atoms with E-state index in [0.717, 1.165) is 16.3 Å². The molecule has 0 aliphatic carbocycles. The first kappa shape index (κ1) is 16.9. The molecule has 0 unspecified atom stereocenters. The summed E-state index contributed by atoms with van der Waals surface area (Å²) >= 11 is 4.60. The number of rotatable bonds is 6. The minimum Gasteiger partial charge on any atom is -0.469 e. The van der Waals surface area contributed by atoms with Crippen LogP contribution in [-0.4, -0.2) is 28.0 Å². The van der Waals surface area contributed by atoms with E-state index in [1.165, 1.54) is 24.9 Å². The van der Waals surface area contributed by atoms with Gasteiger partial charge in [0.1, 0.15) is 5.01 Å². The zero-order valence-electron chi connectivity index (χ0n) is 12.6. The van der Waals surface area contributed by atoms with Gasteiger partial charge in [0.25, 0.3) is 5.56 Å². The minimum atomic E-state index is -0.427. The van der Waals surface area contributed by atoms with Gasteiger partial charge in [0.05, 0.1) is 24.9 Å². The molecule has 0 aliphatic heterocycles. The van der Waals surface area contributed by atoms with Crippen LogP contribution >= 0.6 is 34.4 Å². The van der Waals surface area contributed by atoms with E-state index in [1.54, 1.807) is 22.7 Å². The maximum atomic E-state index is 11.7. The summed E-state index contributed by atoms with van der Waals surface area (Å²) in [5.41, 5.74) is 2.15. The highest BCUT2D eigenvalue weighted by molar-refractivity contribution is 7.98. The van der Waals surface area contributed by atoms with Crippen LogP contribution in [0.25, 0.3) is 10.6 Å². The van der Waals surface area contributed by atoms with Crippen LogP contribution in [0.3, 0.4) is 0 Å². The molecule has 0 aromatic carbocycles. The smallest absolute Gasteiger partial charge is 0.311 e. The van der Waals surface area contributed by atoms with E-state index in [2.05, 4.69) is 25.1 Å². The van der Waals surface area contributed by atoms with Crippen LogP contribution < -0.4 is 5.56 Å². The van der Waals surface area contributed by atoms with Gasteiger partial charge in [-0.15, -0.1) is 11.3 Å². The van der Waals surface area contributed by atoms with E-state index in [-0.39, 0.29) is 12.0 Å². The van der Waals surface area contributed by atoms with E-state index < -0.39 is 5.97 Å². The molecule has 6 nitrogen and oxygen atoms in total. The highest BCUT2D eigenvalue weighted by atomic mass is 32.2. The summed E-state index contributed by atoms with van der Waals surface area (Å²) in [6.45, 7) is 0. The van der Waals surface area contributed by atoms with Gasteiger partial charge in [0, 0.05) is 28.1 Å². The Bertz CT molecular complexity index is 887. The predicted molar refractivity (Wildman–Crippen MR) is 95.6 cm³/mol. The number of hydrogen-bond donors (Lipinski definition) is 1. The molecule has 0 atom stereocenters. The van der Waals surface area contributed by atoms with E-state index in [1.807, 2.05) is 16.8 Å². The van der Waals surface area contributed by atoms with E-state index in [9.17, 15) is 9.59 Å². The molecule has 0 bridgehead atoms. The van der Waals surface area contributed by atoms with Crippen molar-refractivity contribution < 1.29 is 9.53 Å². The maximum absolute atomic E-state index is 11.7. The summed E-state index contributed by atoms with van der Waals surface area (Å²) in [7, 11) is 1.30. The SMILES string of the molecule is COC(=O)Cc1cc(=O)[nH]c(SCc2csc(-c3ccsc3)n2)n1. The normalized spacial score (nSPS) is 10.7. The predicted octanol–water partition coefficient (Wildman–Crippen LogP) is 2.96. The van der Waals surface area contributed by atoms with Crippen molar-refractivity contribution in [1.82, 2.24) is 15.0 Å². The van der Waals surface area contributed by atoms with Crippen molar-refractivity contribution in [3.05, 3.63) is 50.0 Å². The molecule has 0 aliphatic rings. The van der Waals surface area contributed by atoms with Crippen molar-refractivity contribution in [1.29, 1.82) is 0 Å². The fourth-order valence-corrected chi connectivity index (χ4v) is 4.32. The van der Waals surface area contributed by atoms with Crippen molar-refractivity contribution >= 4 is 40.4 Å². The number of thioether (sulfide) groups is 1. The second kappa shape index (κ2) is 7.73. The second-order valence-electron chi connectivity index (χ2n) is 4.74. The molecular weight excluding hydrogens is 366 g/mol. The number of ether oxygens (including phenoxy) is 1. The Labute approximate surface area is 150 Å². The van der Waals surface area contributed by atoms with Gasteiger partial charge in [-0.3, -0.25) is 9.59 Å². The summed E-state index contributed by atoms with van der Waals surface area (Å²) in [5, 5.41) is 7.52. The summed E-state index contributed by atoms with van der Waals surface area (Å²) in [4.78, 5) is 34.5. The van der Waals surface area contributed by atoms with Gasteiger partial charge in [-0.25, -0.2) is 9.97 Å². The van der Waals surface area contributed by atoms with Crippen LogP contribution in [-0.2, 0) is 21.7 Å². The third-order valence-electron chi connectivity index (χ3n) is 3.00. The topological polar surface area (TPSA) is 84.9 Å². The third-order valence-corrected chi connectivity index (χ3v) is 5.53. The van der Waals surface area contributed by atoms with E-state index in [4.69, 9.17) is 0 Å². The van der Waals surface area contributed by atoms with Crippen LogP contribution in [0.15, 0.2) is 38.2 Å². The molecule has 3 aromatic heterocycles. The van der Waals surface area contributed by atoms with E-state index >= 15 is 0 Å². The number of hydrogen-bond acceptors (Lipinski definition) is 8. The van der Waals surface area contributed by atoms with Crippen molar-refractivity contribution in [3.8, 4) is 10.6 Å². The summed E-state index contributed by atoms with van der Waals surface area (Å²) in [5.74, 6) is 0.162. The fourth-order valence-electron chi connectivity index (χ4n) is 1.90. The molecule has 0 fully saturated rings. The lowest BCUT2D eigenvalue weighted by atomic mass is 10.3. The number of thiophene rings is 1. The number of esters is 1. The molecule has 3 aromatic rings. The lowest BCUT2D eigenvalue weighted by Gasteiger charge is -2.02. The van der Waals surface area contributed by atoms with E-state index in [0.29, 0.717) is 16.6 Å². The molecular formula is C15H13N3O3S3. The molecule has 0 radical (unpaired) electrons. The largest absolute Gasteiger partial charge is 0.469 e. The molecule has 0 amide bonds. The third kappa shape index (κ3) is 4.31. The van der Waals surface area contributed by atoms with Gasteiger partial charge < -0.3 is 9.72 Å². The van der Waals surface area contributed by atoms with Crippen molar-refractivity contribution in [2.24, 2.45) is 0 Å². The van der Waals surface area contributed by atoms with Crippen LogP contribution in [0.5, 0.6) is 0 Å². The van der Waals surface area contributed by atoms with Gasteiger partial charge in [0.15, 0.2) is 5.16 Å². The number of carbonyl (C=O) groups is 1. The zero-order valence-corrected chi connectivity index (χ0v) is 15.1. The average Bonchev–Trinajstić information content (AvgIpc) is 3.23. The van der Waals surface area contributed by atoms with Gasteiger partial charge in [0.2, 0.25) is 0 Å². The average molecular weight is 379 g/mol. The van der Waals surface area contributed by atoms with Gasteiger partial charge >= 0.3 is 5.97 Å². The quantitative estimate of drug-likeness (QED) is 0.403. The number of nitrogens with zero attached hydrogens (tertiary/aromatic N) is 2. The molecule has 3 heterocycles. The number of aromatic amines is 1. The number of methoxy groups -OCH3 is 1. The Hall–Kier alpha value is -1.97. The first-order valence-corrected chi connectivity index (χ1v) is 9.71. The number of H-pyrrole nitrogens is 1. The van der Waals surface area contributed by atoms with Gasteiger partial charge in [-0.05, 0) is 11.4 Å². The van der Waals surface area contributed by atoms with Crippen molar-refractivity contribution in [2.75, 3.05) is 7.11 Å². The summed E-state index contributed by atoms with van der Waals surface area (Å²) in [6, 6.07) is 3.34. The molecule has 0 spiro atoms. The highest BCUT2D eigenvalue weighted by Crippen LogP contribution is 2.28. The molecule has 0 saturated heterocycles. The second-order valence-corrected chi connectivity index (χ2v) is 7.34.